The third-order valence-electron chi connectivity index (χ3n) is 4.59. The van der Waals surface area contributed by atoms with Gasteiger partial charge in [0.15, 0.2) is 0 Å². The van der Waals surface area contributed by atoms with Gasteiger partial charge < -0.3 is 9.74 Å². The number of carbonyl (C=O) groups is 4. The molecule has 7 heteroatoms. The zero-order chi connectivity index (χ0) is 18.4. The van der Waals surface area contributed by atoms with Crippen LogP contribution < -0.4 is 0 Å². The van der Waals surface area contributed by atoms with Gasteiger partial charge in [0.25, 0.3) is 17.7 Å². The lowest BCUT2D eigenvalue weighted by molar-refractivity contribution is -0.170. The van der Waals surface area contributed by atoms with Crippen molar-refractivity contribution < 1.29 is 24.0 Å². The molecule has 2 aliphatic rings. The lowest BCUT2D eigenvalue weighted by Gasteiger charge is -2.30. The van der Waals surface area contributed by atoms with E-state index in [4.69, 9.17) is 4.84 Å². The summed E-state index contributed by atoms with van der Waals surface area (Å²) in [6.45, 7) is 0.109. The Bertz CT molecular complexity index is 933. The van der Waals surface area contributed by atoms with Gasteiger partial charge in [-0.3, -0.25) is 14.4 Å². The molecule has 130 valence electrons. The van der Waals surface area contributed by atoms with E-state index in [9.17, 15) is 19.2 Å². The summed E-state index contributed by atoms with van der Waals surface area (Å²) in [4.78, 5) is 56.2. The van der Waals surface area contributed by atoms with Gasteiger partial charge in [-0.25, -0.2) is 4.79 Å². The quantitative estimate of drug-likeness (QED) is 0.769. The molecule has 3 amide bonds. The third-order valence-corrected chi connectivity index (χ3v) is 4.59. The molecule has 0 bridgehead atoms. The summed E-state index contributed by atoms with van der Waals surface area (Å²) in [5.74, 6) is -3.07. The van der Waals surface area contributed by atoms with E-state index in [-0.39, 0.29) is 23.6 Å². The molecule has 26 heavy (non-hydrogen) atoms. The Morgan fingerprint density at radius 1 is 0.885 bits per heavy atom. The Labute approximate surface area is 148 Å². The van der Waals surface area contributed by atoms with Crippen LogP contribution in [0.1, 0.15) is 42.6 Å². The molecule has 0 saturated heterocycles. The van der Waals surface area contributed by atoms with Crippen LogP contribution in [-0.4, -0.2) is 47.2 Å². The standard InChI is InChI=1S/C19H14N2O5/c1-20-10-15(11-6-2-3-7-12(11)16(20)22)19(25)26-21-17(23)13-8-4-5-9-14(13)18(21)24/h2-9,15H,10H2,1H3. The normalized spacial score (nSPS) is 18.7. The Morgan fingerprint density at radius 3 is 2.04 bits per heavy atom. The first-order valence-electron chi connectivity index (χ1n) is 8.03. The van der Waals surface area contributed by atoms with Gasteiger partial charge in [-0.1, -0.05) is 35.4 Å². The molecule has 1 unspecified atom stereocenters. The van der Waals surface area contributed by atoms with Crippen LogP contribution in [0, 0.1) is 0 Å². The molecule has 2 aliphatic heterocycles. The highest BCUT2D eigenvalue weighted by atomic mass is 16.7. The summed E-state index contributed by atoms with van der Waals surface area (Å²) in [6, 6.07) is 13.0. The van der Waals surface area contributed by atoms with E-state index >= 15 is 0 Å². The van der Waals surface area contributed by atoms with E-state index in [1.165, 1.54) is 17.0 Å². The lowest BCUT2D eigenvalue weighted by atomic mass is 9.89. The fourth-order valence-corrected chi connectivity index (χ4v) is 3.26. The van der Waals surface area contributed by atoms with Crippen LogP contribution in [0.5, 0.6) is 0 Å². The molecule has 0 fully saturated rings. The van der Waals surface area contributed by atoms with Gasteiger partial charge in [0.05, 0.1) is 11.1 Å². The summed E-state index contributed by atoms with van der Waals surface area (Å²) in [5.41, 5.74) is 1.33. The Balaban J connectivity index is 1.62. The number of hydrogen-bond acceptors (Lipinski definition) is 5. The smallest absolute Gasteiger partial charge is 0.340 e. The minimum absolute atomic E-state index is 0.109. The molecule has 2 aromatic rings. The second-order valence-corrected chi connectivity index (χ2v) is 6.19. The molecule has 0 saturated carbocycles. The van der Waals surface area contributed by atoms with Crippen LogP contribution in [0.25, 0.3) is 0 Å². The monoisotopic (exact) mass is 350 g/mol. The third kappa shape index (κ3) is 2.28. The van der Waals surface area contributed by atoms with Crippen molar-refractivity contribution in [2.24, 2.45) is 0 Å². The van der Waals surface area contributed by atoms with Gasteiger partial charge in [0, 0.05) is 19.2 Å². The SMILES string of the molecule is CN1CC(C(=O)ON2C(=O)c3ccccc3C2=O)c2ccccc2C1=O. The first-order valence-corrected chi connectivity index (χ1v) is 8.03. The number of rotatable bonds is 2. The largest absolute Gasteiger partial charge is 0.342 e. The van der Waals surface area contributed by atoms with Gasteiger partial charge in [-0.05, 0) is 23.8 Å². The molecule has 4 rings (SSSR count). The maximum absolute atomic E-state index is 12.7. The molecule has 0 aromatic heterocycles. The minimum Gasteiger partial charge on any atom is -0.340 e. The van der Waals surface area contributed by atoms with Crippen molar-refractivity contribution in [3.8, 4) is 0 Å². The van der Waals surface area contributed by atoms with E-state index < -0.39 is 23.7 Å². The minimum atomic E-state index is -0.779. The van der Waals surface area contributed by atoms with Crippen LogP contribution in [0.3, 0.4) is 0 Å². The molecule has 0 aliphatic carbocycles. The van der Waals surface area contributed by atoms with Gasteiger partial charge in [-0.2, -0.15) is 0 Å². The highest BCUT2D eigenvalue weighted by molar-refractivity contribution is 6.21. The summed E-state index contributed by atoms with van der Waals surface area (Å²) < 4.78 is 0. The van der Waals surface area contributed by atoms with Crippen LogP contribution >= 0.6 is 0 Å². The molecule has 2 heterocycles. The average molecular weight is 350 g/mol. The number of imide groups is 1. The number of amides is 3. The van der Waals surface area contributed by atoms with Crippen molar-refractivity contribution in [2.75, 3.05) is 13.6 Å². The highest BCUT2D eigenvalue weighted by Crippen LogP contribution is 2.30. The summed E-state index contributed by atoms with van der Waals surface area (Å²) in [5, 5.41) is 0.492. The zero-order valence-corrected chi connectivity index (χ0v) is 13.8. The lowest BCUT2D eigenvalue weighted by Crippen LogP contribution is -2.42. The fourth-order valence-electron chi connectivity index (χ4n) is 3.26. The predicted octanol–water partition coefficient (Wildman–Crippen LogP) is 1.61. The number of fused-ring (bicyclic) bond motifs is 2. The molecule has 0 spiro atoms. The maximum atomic E-state index is 12.7. The number of hydroxylamine groups is 2. The predicted molar refractivity (Wildman–Crippen MR) is 89.2 cm³/mol. The summed E-state index contributed by atoms with van der Waals surface area (Å²) in [6.07, 6.45) is 0. The number of benzene rings is 2. The van der Waals surface area contributed by atoms with Crippen molar-refractivity contribution in [1.82, 2.24) is 9.96 Å². The van der Waals surface area contributed by atoms with E-state index in [0.29, 0.717) is 16.2 Å². The van der Waals surface area contributed by atoms with Crippen LogP contribution in [0.4, 0.5) is 0 Å². The Morgan fingerprint density at radius 2 is 1.42 bits per heavy atom. The molecule has 7 nitrogen and oxygen atoms in total. The molecule has 1 atom stereocenters. The van der Waals surface area contributed by atoms with Gasteiger partial charge in [0.2, 0.25) is 0 Å². The molecule has 0 N–H and O–H groups in total. The molecular formula is C19H14N2O5. The first kappa shape index (κ1) is 16.0. The number of nitrogens with zero attached hydrogens (tertiary/aromatic N) is 2. The van der Waals surface area contributed by atoms with Crippen LogP contribution in [0.2, 0.25) is 0 Å². The van der Waals surface area contributed by atoms with Crippen molar-refractivity contribution in [2.45, 2.75) is 5.92 Å². The van der Waals surface area contributed by atoms with Crippen molar-refractivity contribution in [3.05, 3.63) is 70.8 Å². The van der Waals surface area contributed by atoms with Crippen molar-refractivity contribution >= 4 is 23.7 Å². The summed E-state index contributed by atoms with van der Waals surface area (Å²) >= 11 is 0. The van der Waals surface area contributed by atoms with Crippen LogP contribution in [0.15, 0.2) is 48.5 Å². The molecule has 2 aromatic carbocycles. The van der Waals surface area contributed by atoms with Gasteiger partial charge in [0.1, 0.15) is 5.92 Å². The first-order chi connectivity index (χ1) is 12.5. The van der Waals surface area contributed by atoms with Crippen molar-refractivity contribution in [3.63, 3.8) is 0 Å². The topological polar surface area (TPSA) is 84.0 Å². The number of hydrogen-bond donors (Lipinski definition) is 0. The maximum Gasteiger partial charge on any atom is 0.342 e. The van der Waals surface area contributed by atoms with E-state index in [1.807, 2.05) is 0 Å². The van der Waals surface area contributed by atoms with Gasteiger partial charge >= 0.3 is 5.97 Å². The van der Waals surface area contributed by atoms with E-state index in [1.54, 1.807) is 43.4 Å². The second-order valence-electron chi connectivity index (χ2n) is 6.19. The number of carbonyl (C=O) groups excluding carboxylic acids is 4. The second kappa shape index (κ2) is 5.80. The Kier molecular flexibility index (Phi) is 3.57. The zero-order valence-electron chi connectivity index (χ0n) is 13.8. The van der Waals surface area contributed by atoms with Crippen molar-refractivity contribution in [1.29, 1.82) is 0 Å². The van der Waals surface area contributed by atoms with E-state index in [2.05, 4.69) is 0 Å². The highest BCUT2D eigenvalue weighted by Gasteiger charge is 2.41. The van der Waals surface area contributed by atoms with Crippen LogP contribution in [-0.2, 0) is 9.63 Å². The molecular weight excluding hydrogens is 336 g/mol. The average Bonchev–Trinajstić information content (AvgIpc) is 2.90. The summed E-state index contributed by atoms with van der Waals surface area (Å²) in [7, 11) is 1.58. The van der Waals surface area contributed by atoms with Gasteiger partial charge in [-0.15, -0.1) is 0 Å². The Hall–Kier alpha value is -3.48. The fraction of sp³-hybridized carbons (Fsp3) is 0.158. The van der Waals surface area contributed by atoms with E-state index in [0.717, 1.165) is 0 Å². The molecule has 0 radical (unpaired) electrons. The number of likely N-dealkylation sites (N-methyl/N-ethyl adjacent to an activating group) is 1.